The third-order valence-electron chi connectivity index (χ3n) is 9.40. The molecule has 1 N–H and O–H groups in total. The number of fused-ring (bicyclic) bond motifs is 5. The van der Waals surface area contributed by atoms with Gasteiger partial charge in [0.2, 0.25) is 12.2 Å². The van der Waals surface area contributed by atoms with E-state index in [4.69, 9.17) is 0 Å². The second-order valence-corrected chi connectivity index (χ2v) is 11.7. The van der Waals surface area contributed by atoms with Crippen molar-refractivity contribution in [2.75, 3.05) is 6.61 Å². The predicted molar refractivity (Wildman–Crippen MR) is 155 cm³/mol. The smallest absolute Gasteiger partial charge is 0.849 e. The van der Waals surface area contributed by atoms with Crippen LogP contribution in [0.4, 0.5) is 0 Å². The van der Waals surface area contributed by atoms with E-state index in [9.17, 15) is 29.4 Å². The van der Waals surface area contributed by atoms with Crippen molar-refractivity contribution < 1.29 is 68.4 Å². The average molecular weight is 597 g/mol. The van der Waals surface area contributed by atoms with Crippen LogP contribution in [0.1, 0.15) is 99.8 Å². The molecule has 3 fully saturated rings. The number of esters is 2. The Hall–Kier alpha value is -1.74. The molecule has 42 heavy (non-hydrogen) atoms. The van der Waals surface area contributed by atoms with Gasteiger partial charge in [0, 0.05) is 20.3 Å². The molecular formula is C33H49NaO8. The molecule has 4 rings (SSSR count). The van der Waals surface area contributed by atoms with Crippen LogP contribution in [0.15, 0.2) is 35.1 Å². The number of ether oxygens (including phenoxy) is 2. The van der Waals surface area contributed by atoms with E-state index in [1.54, 1.807) is 11.1 Å². The van der Waals surface area contributed by atoms with Crippen LogP contribution in [0.25, 0.3) is 0 Å². The molecular weight excluding hydrogens is 547 g/mol. The number of hydrogen-bond donors (Lipinski definition) is 1. The van der Waals surface area contributed by atoms with Gasteiger partial charge in [-0.2, -0.15) is 0 Å². The van der Waals surface area contributed by atoms with Crippen molar-refractivity contribution in [1.82, 2.24) is 0 Å². The molecule has 0 saturated heterocycles. The zero-order valence-corrected chi connectivity index (χ0v) is 28.9. The van der Waals surface area contributed by atoms with Crippen molar-refractivity contribution in [2.45, 2.75) is 112 Å². The third kappa shape index (κ3) is 9.38. The van der Waals surface area contributed by atoms with Crippen molar-refractivity contribution >= 4 is 23.5 Å². The molecule has 0 aromatic heterocycles. The molecule has 0 bridgehead atoms. The van der Waals surface area contributed by atoms with Crippen LogP contribution < -0.4 is 34.7 Å². The maximum Gasteiger partial charge on any atom is 1.00 e. The first-order chi connectivity index (χ1) is 19.4. The monoisotopic (exact) mass is 596 g/mol. The fourth-order valence-electron chi connectivity index (χ4n) is 7.27. The summed E-state index contributed by atoms with van der Waals surface area (Å²) in [6.07, 6.45) is 13.5. The molecule has 0 radical (unpaired) electrons. The van der Waals surface area contributed by atoms with E-state index >= 15 is 0 Å². The fraction of sp³-hybridized carbons (Fsp3) is 0.697. The molecule has 6 unspecified atom stereocenters. The Balaban J connectivity index is 0.000000402. The molecule has 4 aliphatic rings. The Kier molecular flexibility index (Phi) is 16.0. The van der Waals surface area contributed by atoms with E-state index in [2.05, 4.69) is 35.5 Å². The molecule has 7 atom stereocenters. The Morgan fingerprint density at radius 3 is 2.17 bits per heavy atom. The van der Waals surface area contributed by atoms with Crippen LogP contribution in [-0.2, 0) is 28.7 Å². The fourth-order valence-corrected chi connectivity index (χ4v) is 7.27. The maximum atomic E-state index is 11.2. The number of carbonyl (C=O) groups excluding carboxylic acids is 4. The Labute approximate surface area is 273 Å². The second-order valence-electron chi connectivity index (χ2n) is 11.7. The number of carbonyl (C=O) groups is 4. The summed E-state index contributed by atoms with van der Waals surface area (Å²) < 4.78 is 9.11. The van der Waals surface area contributed by atoms with Gasteiger partial charge in [-0.1, -0.05) is 46.5 Å². The van der Waals surface area contributed by atoms with E-state index in [-0.39, 0.29) is 29.6 Å². The molecule has 9 heteroatoms. The molecule has 8 nitrogen and oxygen atoms in total. The van der Waals surface area contributed by atoms with Crippen molar-refractivity contribution in [3.8, 4) is 0 Å². The number of rotatable bonds is 6. The van der Waals surface area contributed by atoms with E-state index in [0.29, 0.717) is 11.2 Å². The minimum Gasteiger partial charge on any atom is -0.849 e. The van der Waals surface area contributed by atoms with Gasteiger partial charge in [0.25, 0.3) is 0 Å². The summed E-state index contributed by atoms with van der Waals surface area (Å²) in [6.45, 7) is 11.0. The van der Waals surface area contributed by atoms with Gasteiger partial charge in [0.05, 0.1) is 5.76 Å². The molecule has 0 aromatic rings. The molecule has 0 aliphatic heterocycles. The average Bonchev–Trinajstić information content (AvgIpc) is 3.23. The summed E-state index contributed by atoms with van der Waals surface area (Å²) in [4.78, 5) is 44.0. The summed E-state index contributed by atoms with van der Waals surface area (Å²) in [6, 6.07) is 0. The van der Waals surface area contributed by atoms with Crippen LogP contribution in [0.5, 0.6) is 0 Å². The van der Waals surface area contributed by atoms with Crippen molar-refractivity contribution in [3.05, 3.63) is 35.1 Å². The van der Waals surface area contributed by atoms with Gasteiger partial charge >= 0.3 is 41.5 Å². The Morgan fingerprint density at radius 2 is 1.60 bits per heavy atom. The summed E-state index contributed by atoms with van der Waals surface area (Å²) in [5.74, 6) is 0.762. The zero-order chi connectivity index (χ0) is 30.9. The third-order valence-corrected chi connectivity index (χ3v) is 9.40. The molecule has 0 aromatic carbocycles. The number of aliphatic hydroxyl groups is 1. The van der Waals surface area contributed by atoms with Crippen LogP contribution in [0.2, 0.25) is 0 Å². The summed E-state index contributed by atoms with van der Waals surface area (Å²) in [5, 5.41) is 20.3. The summed E-state index contributed by atoms with van der Waals surface area (Å²) >= 11 is 0. The number of aliphatic hydroxyl groups excluding tert-OH is 1. The number of allylic oxidation sites excluding steroid dienone is 5. The van der Waals surface area contributed by atoms with Gasteiger partial charge < -0.3 is 19.7 Å². The van der Waals surface area contributed by atoms with Gasteiger partial charge in [0.15, 0.2) is 11.6 Å². The number of Topliss-reactive ketones (excluding diaryl/α,β-unsaturated/α-hetero) is 2. The first-order valence-corrected chi connectivity index (χ1v) is 15.1. The molecule has 0 amide bonds. The van der Waals surface area contributed by atoms with Crippen molar-refractivity contribution in [1.29, 1.82) is 0 Å². The van der Waals surface area contributed by atoms with Gasteiger partial charge in [-0.3, -0.25) is 19.2 Å². The molecule has 3 saturated carbocycles. The Morgan fingerprint density at radius 1 is 0.976 bits per heavy atom. The minimum absolute atomic E-state index is 0. The molecule has 230 valence electrons. The normalized spacial score (nSPS) is 31.4. The van der Waals surface area contributed by atoms with Crippen molar-refractivity contribution in [3.63, 3.8) is 0 Å². The molecule has 4 aliphatic carbocycles. The quantitative estimate of drug-likeness (QED) is 0.365. The SMILES string of the molecule is CC.CC(=O)OC(C(=O)C[O-])[C@@H](OC(C)=O)C(C)=O.CC1CCC2C3CC/C4=C/C/C(O)=C\CC=C4C3CCC12C.[Na+]. The van der Waals surface area contributed by atoms with Crippen LogP contribution >= 0.6 is 0 Å². The molecule has 0 spiro atoms. The van der Waals surface area contributed by atoms with E-state index in [1.165, 1.54) is 38.5 Å². The molecule has 0 heterocycles. The van der Waals surface area contributed by atoms with E-state index in [1.807, 2.05) is 19.9 Å². The van der Waals surface area contributed by atoms with Gasteiger partial charge in [-0.05, 0) is 98.2 Å². The standard InChI is InChI=1S/C21H30O.C10H13O7.C2H6.Na/c1-14-6-11-20-19-10-8-15-7-9-16(22)4-3-5-17(15)18(19)12-13-21(14,20)2;1-5(12)9(16-6(2)13)10(8(15)4-11)17-7(3)14;1-2;/h4-5,7,14,18-20,22H,3,6,8-13H2,1-2H3;9-10H,4H2,1-3H3;1-2H3;/q;-1;;+1/b15-7-,16-4+,17-5?;;;/t;9-,10?;;/m.0../s1. The maximum absolute atomic E-state index is 11.2. The first kappa shape index (κ1) is 38.3. The second kappa shape index (κ2) is 17.5. The van der Waals surface area contributed by atoms with Crippen LogP contribution in [0.3, 0.4) is 0 Å². The van der Waals surface area contributed by atoms with Crippen LogP contribution in [-0.4, -0.2) is 47.4 Å². The van der Waals surface area contributed by atoms with Gasteiger partial charge in [-0.15, -0.1) is 0 Å². The number of ketones is 2. The van der Waals surface area contributed by atoms with Gasteiger partial charge in [0.1, 0.15) is 0 Å². The first-order valence-electron chi connectivity index (χ1n) is 15.1. The van der Waals surface area contributed by atoms with E-state index in [0.717, 1.165) is 57.3 Å². The predicted octanol–water partition coefficient (Wildman–Crippen LogP) is 2.35. The van der Waals surface area contributed by atoms with Crippen LogP contribution in [0, 0.1) is 29.1 Å². The van der Waals surface area contributed by atoms with Gasteiger partial charge in [-0.25, -0.2) is 0 Å². The summed E-state index contributed by atoms with van der Waals surface area (Å²) in [7, 11) is 0. The Bertz CT molecular complexity index is 1060. The largest absolute Gasteiger partial charge is 1.00 e. The van der Waals surface area contributed by atoms with Crippen molar-refractivity contribution in [2.24, 2.45) is 29.1 Å². The zero-order valence-electron chi connectivity index (χ0n) is 26.9. The topological polar surface area (TPSA) is 130 Å². The van der Waals surface area contributed by atoms with E-state index < -0.39 is 42.3 Å². The number of hydrogen-bond acceptors (Lipinski definition) is 8. The minimum atomic E-state index is -1.67. The summed E-state index contributed by atoms with van der Waals surface area (Å²) in [5.41, 5.74) is 3.82.